The average Bonchev–Trinajstić information content (AvgIpc) is 2.62. The number of benzene rings is 1. The maximum atomic E-state index is 12.8. The molecule has 0 atom stereocenters. The molecule has 7 nitrogen and oxygen atoms in total. The summed E-state index contributed by atoms with van der Waals surface area (Å²) in [5, 5.41) is 8.64. The van der Waals surface area contributed by atoms with Crippen LogP contribution in [0.5, 0.6) is 0 Å². The molecule has 134 valence electrons. The molecule has 0 N–H and O–H groups in total. The Hall–Kier alpha value is -1.90. The third-order valence-corrected chi connectivity index (χ3v) is 6.51. The predicted molar refractivity (Wildman–Crippen MR) is 98.8 cm³/mol. The van der Waals surface area contributed by atoms with Crippen molar-refractivity contribution in [3.63, 3.8) is 0 Å². The highest BCUT2D eigenvalue weighted by atomic mass is 35.5. The minimum absolute atomic E-state index is 0.153. The van der Waals surface area contributed by atoms with E-state index in [1.165, 1.54) is 10.4 Å². The van der Waals surface area contributed by atoms with E-state index in [0.717, 1.165) is 11.6 Å². The summed E-state index contributed by atoms with van der Waals surface area (Å²) < 4.78 is 27.0. The number of hydrogen-bond donors (Lipinski definition) is 0. The monoisotopic (exact) mass is 381 g/mol. The van der Waals surface area contributed by atoms with Crippen LogP contribution in [0.1, 0.15) is 0 Å². The van der Waals surface area contributed by atoms with Crippen LogP contribution in [0.15, 0.2) is 41.3 Å². The first-order valence-corrected chi connectivity index (χ1v) is 9.72. The molecule has 25 heavy (non-hydrogen) atoms. The first-order valence-electron chi connectivity index (χ1n) is 7.90. The van der Waals surface area contributed by atoms with Crippen LogP contribution in [0.25, 0.3) is 0 Å². The van der Waals surface area contributed by atoms with E-state index in [2.05, 4.69) is 10.2 Å². The zero-order valence-electron chi connectivity index (χ0n) is 14.1. The van der Waals surface area contributed by atoms with Crippen LogP contribution in [0, 0.1) is 0 Å². The van der Waals surface area contributed by atoms with Crippen LogP contribution < -0.4 is 9.80 Å². The molecule has 1 aromatic heterocycles. The van der Waals surface area contributed by atoms with Crippen LogP contribution in [0.4, 0.5) is 11.6 Å². The van der Waals surface area contributed by atoms with Gasteiger partial charge in [0.15, 0.2) is 11.6 Å². The van der Waals surface area contributed by atoms with Crippen molar-refractivity contribution in [1.29, 1.82) is 0 Å². The van der Waals surface area contributed by atoms with E-state index < -0.39 is 10.0 Å². The molecule has 0 amide bonds. The van der Waals surface area contributed by atoms with Gasteiger partial charge in [-0.05, 0) is 24.3 Å². The fourth-order valence-electron chi connectivity index (χ4n) is 2.68. The van der Waals surface area contributed by atoms with Crippen LogP contribution in [-0.4, -0.2) is 63.2 Å². The number of rotatable bonds is 4. The van der Waals surface area contributed by atoms with E-state index in [-0.39, 0.29) is 9.92 Å². The zero-order valence-corrected chi connectivity index (χ0v) is 15.7. The number of halogens is 1. The molecule has 0 unspecified atom stereocenters. The second kappa shape index (κ2) is 7.15. The Labute approximate surface area is 152 Å². The van der Waals surface area contributed by atoms with E-state index in [4.69, 9.17) is 11.6 Å². The molecule has 1 fully saturated rings. The van der Waals surface area contributed by atoms with Gasteiger partial charge in [0.05, 0.1) is 5.02 Å². The second-order valence-electron chi connectivity index (χ2n) is 5.97. The van der Waals surface area contributed by atoms with Gasteiger partial charge in [-0.25, -0.2) is 8.42 Å². The van der Waals surface area contributed by atoms with Gasteiger partial charge < -0.3 is 9.80 Å². The summed E-state index contributed by atoms with van der Waals surface area (Å²) in [6.45, 7) is 1.87. The fourth-order valence-corrected chi connectivity index (χ4v) is 4.59. The smallest absolute Gasteiger partial charge is 0.244 e. The van der Waals surface area contributed by atoms with Crippen LogP contribution in [0.3, 0.4) is 0 Å². The van der Waals surface area contributed by atoms with E-state index in [1.807, 2.05) is 36.0 Å². The summed E-state index contributed by atoms with van der Waals surface area (Å²) in [6, 6.07) is 10.3. The highest BCUT2D eigenvalue weighted by Crippen LogP contribution is 2.25. The highest BCUT2D eigenvalue weighted by molar-refractivity contribution is 7.89. The minimum atomic E-state index is -3.58. The first kappa shape index (κ1) is 17.9. The number of sulfonamides is 1. The Morgan fingerprint density at radius 1 is 1.00 bits per heavy atom. The molecule has 0 saturated carbocycles. The summed E-state index contributed by atoms with van der Waals surface area (Å²) in [7, 11) is 0.225. The van der Waals surface area contributed by atoms with Gasteiger partial charge in [0, 0.05) is 40.3 Å². The fraction of sp³-hybridized carbons (Fsp3) is 0.375. The van der Waals surface area contributed by atoms with Crippen LogP contribution in [-0.2, 0) is 10.0 Å². The first-order chi connectivity index (χ1) is 11.9. The molecule has 2 heterocycles. The van der Waals surface area contributed by atoms with Gasteiger partial charge in [-0.1, -0.05) is 23.7 Å². The maximum Gasteiger partial charge on any atom is 0.244 e. The predicted octanol–water partition coefficient (Wildman–Crippen LogP) is 1.71. The van der Waals surface area contributed by atoms with Crippen molar-refractivity contribution in [2.75, 3.05) is 50.1 Å². The van der Waals surface area contributed by atoms with E-state index in [0.29, 0.717) is 26.2 Å². The SMILES string of the molecule is CN(C)c1ccc(N2CCN(S(=O)(=O)c3ccccc3Cl)CC2)nn1. The molecule has 1 saturated heterocycles. The lowest BCUT2D eigenvalue weighted by molar-refractivity contribution is 0.383. The minimum Gasteiger partial charge on any atom is -0.361 e. The molecule has 0 bridgehead atoms. The summed E-state index contributed by atoms with van der Waals surface area (Å²) in [5.74, 6) is 1.53. The largest absolute Gasteiger partial charge is 0.361 e. The summed E-state index contributed by atoms with van der Waals surface area (Å²) in [5.41, 5.74) is 0. The summed E-state index contributed by atoms with van der Waals surface area (Å²) in [4.78, 5) is 4.07. The van der Waals surface area contributed by atoms with Crippen LogP contribution in [0.2, 0.25) is 5.02 Å². The van der Waals surface area contributed by atoms with Gasteiger partial charge in [-0.15, -0.1) is 10.2 Å². The Morgan fingerprint density at radius 3 is 2.24 bits per heavy atom. The summed E-state index contributed by atoms with van der Waals surface area (Å²) >= 11 is 6.05. The quantitative estimate of drug-likeness (QED) is 0.803. The number of nitrogens with zero attached hydrogens (tertiary/aromatic N) is 5. The van der Waals surface area contributed by atoms with Gasteiger partial charge in [0.2, 0.25) is 10.0 Å². The van der Waals surface area contributed by atoms with E-state index in [9.17, 15) is 8.42 Å². The Balaban J connectivity index is 1.70. The van der Waals surface area contributed by atoms with Gasteiger partial charge in [-0.2, -0.15) is 4.31 Å². The molecule has 1 aromatic carbocycles. The second-order valence-corrected chi connectivity index (χ2v) is 8.28. The topological polar surface area (TPSA) is 69.6 Å². The third-order valence-electron chi connectivity index (χ3n) is 4.11. The van der Waals surface area contributed by atoms with Crippen molar-refractivity contribution in [3.05, 3.63) is 41.4 Å². The number of anilines is 2. The van der Waals surface area contributed by atoms with Gasteiger partial charge in [0.25, 0.3) is 0 Å². The molecular formula is C16H20ClN5O2S. The molecule has 9 heteroatoms. The number of piperazine rings is 1. The lowest BCUT2D eigenvalue weighted by Gasteiger charge is -2.34. The standard InChI is InChI=1S/C16H20ClN5O2S/c1-20(2)15-7-8-16(19-18-15)21-9-11-22(12-10-21)25(23,24)14-6-4-3-5-13(14)17/h3-8H,9-12H2,1-2H3. The third kappa shape index (κ3) is 3.70. The van der Waals surface area contributed by atoms with Crippen molar-refractivity contribution in [1.82, 2.24) is 14.5 Å². The lowest BCUT2D eigenvalue weighted by atomic mass is 10.3. The molecular weight excluding hydrogens is 362 g/mol. The van der Waals surface area contributed by atoms with Gasteiger partial charge in [-0.3, -0.25) is 0 Å². The zero-order chi connectivity index (χ0) is 18.0. The van der Waals surface area contributed by atoms with Crippen molar-refractivity contribution in [3.8, 4) is 0 Å². The van der Waals surface area contributed by atoms with E-state index >= 15 is 0 Å². The highest BCUT2D eigenvalue weighted by Gasteiger charge is 2.30. The molecule has 3 rings (SSSR count). The average molecular weight is 382 g/mol. The normalized spacial score (nSPS) is 16.0. The molecule has 2 aromatic rings. The Kier molecular flexibility index (Phi) is 5.12. The van der Waals surface area contributed by atoms with Crippen molar-refractivity contribution in [2.45, 2.75) is 4.90 Å². The number of hydrogen-bond acceptors (Lipinski definition) is 6. The van der Waals surface area contributed by atoms with Crippen molar-refractivity contribution in [2.24, 2.45) is 0 Å². The molecule has 0 spiro atoms. The molecule has 0 radical (unpaired) electrons. The Bertz CT molecular complexity index is 834. The summed E-state index contributed by atoms with van der Waals surface area (Å²) in [6.07, 6.45) is 0. The molecule has 1 aliphatic rings. The lowest BCUT2D eigenvalue weighted by Crippen LogP contribution is -2.49. The van der Waals surface area contributed by atoms with E-state index in [1.54, 1.807) is 18.2 Å². The number of aromatic nitrogens is 2. The maximum absolute atomic E-state index is 12.8. The van der Waals surface area contributed by atoms with Crippen molar-refractivity contribution >= 4 is 33.3 Å². The Morgan fingerprint density at radius 2 is 1.68 bits per heavy atom. The van der Waals surface area contributed by atoms with Gasteiger partial charge >= 0.3 is 0 Å². The van der Waals surface area contributed by atoms with Crippen molar-refractivity contribution < 1.29 is 8.42 Å². The molecule has 0 aliphatic carbocycles. The van der Waals surface area contributed by atoms with Gasteiger partial charge in [0.1, 0.15) is 4.90 Å². The van der Waals surface area contributed by atoms with Crippen LogP contribution >= 0.6 is 11.6 Å². The molecule has 1 aliphatic heterocycles.